The zero-order valence-corrected chi connectivity index (χ0v) is 17.3. The van der Waals surface area contributed by atoms with Crippen LogP contribution in [0.4, 0.5) is 14.5 Å². The lowest BCUT2D eigenvalue weighted by Gasteiger charge is -2.13. The lowest BCUT2D eigenvalue weighted by Crippen LogP contribution is -2.01. The number of nitrogens with zero attached hydrogens (tertiary/aromatic N) is 1. The van der Waals surface area contributed by atoms with E-state index in [2.05, 4.69) is 10.5 Å². The van der Waals surface area contributed by atoms with Gasteiger partial charge in [-0.3, -0.25) is 5.43 Å². The van der Waals surface area contributed by atoms with Gasteiger partial charge in [0.05, 0.1) is 11.9 Å². The number of anilines is 1. The van der Waals surface area contributed by atoms with Crippen LogP contribution in [0, 0.1) is 11.6 Å². The quantitative estimate of drug-likeness (QED) is 0.254. The Morgan fingerprint density at radius 3 is 2.22 bits per heavy atom. The van der Waals surface area contributed by atoms with Gasteiger partial charge in [-0.05, 0) is 76.9 Å². The lowest BCUT2D eigenvalue weighted by molar-refractivity contribution is 0.303. The number of halogens is 2. The summed E-state index contributed by atoms with van der Waals surface area (Å²) in [4.78, 5) is 0. The highest BCUT2D eigenvalue weighted by Gasteiger charge is 2.08. The van der Waals surface area contributed by atoms with Crippen LogP contribution in [0.15, 0.2) is 102 Å². The third-order valence-corrected chi connectivity index (χ3v) is 4.83. The second-order valence-corrected chi connectivity index (χ2v) is 7.33. The molecule has 0 heterocycles. The van der Waals surface area contributed by atoms with Crippen molar-refractivity contribution in [3.8, 4) is 5.75 Å². The average Bonchev–Trinajstić information content (AvgIpc) is 2.79. The molecule has 0 amide bonds. The van der Waals surface area contributed by atoms with Crippen molar-refractivity contribution in [1.29, 1.82) is 0 Å². The summed E-state index contributed by atoms with van der Waals surface area (Å²) in [5.41, 5.74) is 7.20. The predicted molar refractivity (Wildman–Crippen MR) is 124 cm³/mol. The molecule has 1 N–H and O–H groups in total. The normalized spacial score (nSPS) is 10.9. The summed E-state index contributed by atoms with van der Waals surface area (Å²) < 4.78 is 33.2. The Morgan fingerprint density at radius 1 is 0.750 bits per heavy atom. The molecule has 0 aliphatic carbocycles. The molecule has 0 fully saturated rings. The van der Waals surface area contributed by atoms with Crippen molar-refractivity contribution in [2.75, 3.05) is 5.43 Å². The van der Waals surface area contributed by atoms with Gasteiger partial charge in [-0.25, -0.2) is 8.78 Å². The van der Waals surface area contributed by atoms with E-state index in [4.69, 9.17) is 4.74 Å². The molecule has 0 atom stereocenters. The number of hydrogen-bond acceptors (Lipinski definition) is 3. The fraction of sp³-hybridized carbons (Fsp3) is 0.0741. The van der Waals surface area contributed by atoms with Crippen LogP contribution in [0.2, 0.25) is 0 Å². The fourth-order valence-corrected chi connectivity index (χ4v) is 3.31. The van der Waals surface area contributed by atoms with Crippen molar-refractivity contribution in [2.24, 2.45) is 5.10 Å². The van der Waals surface area contributed by atoms with Crippen molar-refractivity contribution >= 4 is 11.9 Å². The molecule has 0 saturated heterocycles. The molecule has 32 heavy (non-hydrogen) atoms. The van der Waals surface area contributed by atoms with Crippen molar-refractivity contribution in [2.45, 2.75) is 13.0 Å². The van der Waals surface area contributed by atoms with Crippen LogP contribution >= 0.6 is 0 Å². The zero-order valence-electron chi connectivity index (χ0n) is 17.3. The Hall–Kier alpha value is -3.99. The molecule has 0 aliphatic rings. The minimum atomic E-state index is -0.302. The number of rotatable bonds is 8. The Labute approximate surface area is 186 Å². The summed E-state index contributed by atoms with van der Waals surface area (Å²) in [6.07, 6.45) is 2.21. The molecule has 4 aromatic carbocycles. The van der Waals surface area contributed by atoms with E-state index in [0.717, 1.165) is 27.9 Å². The summed E-state index contributed by atoms with van der Waals surface area (Å²) in [6, 6.07) is 28.2. The number of hydrogen-bond donors (Lipinski definition) is 1. The topological polar surface area (TPSA) is 33.6 Å². The van der Waals surface area contributed by atoms with Gasteiger partial charge in [0.1, 0.15) is 24.0 Å². The van der Waals surface area contributed by atoms with Gasteiger partial charge in [-0.2, -0.15) is 5.10 Å². The van der Waals surface area contributed by atoms with Gasteiger partial charge >= 0.3 is 0 Å². The zero-order chi connectivity index (χ0) is 22.2. The fourth-order valence-electron chi connectivity index (χ4n) is 3.31. The van der Waals surface area contributed by atoms with E-state index in [1.807, 2.05) is 60.7 Å². The highest BCUT2D eigenvalue weighted by atomic mass is 19.1. The van der Waals surface area contributed by atoms with Crippen LogP contribution in [-0.2, 0) is 13.0 Å². The smallest absolute Gasteiger partial charge is 0.123 e. The Morgan fingerprint density at radius 2 is 1.47 bits per heavy atom. The van der Waals surface area contributed by atoms with Gasteiger partial charge in [0.25, 0.3) is 0 Å². The summed E-state index contributed by atoms with van der Waals surface area (Å²) in [5, 5.41) is 4.29. The molecular formula is C27H22F2N2O. The number of ether oxygens (including phenoxy) is 1. The van der Waals surface area contributed by atoms with Crippen molar-refractivity contribution in [1.82, 2.24) is 0 Å². The second-order valence-electron chi connectivity index (χ2n) is 7.33. The van der Waals surface area contributed by atoms with Gasteiger partial charge < -0.3 is 4.74 Å². The molecule has 160 valence electrons. The monoisotopic (exact) mass is 428 g/mol. The first-order chi connectivity index (χ1) is 15.7. The van der Waals surface area contributed by atoms with E-state index >= 15 is 0 Å². The Kier molecular flexibility index (Phi) is 6.88. The molecule has 3 nitrogen and oxygen atoms in total. The molecule has 0 aromatic heterocycles. The van der Waals surface area contributed by atoms with Crippen LogP contribution < -0.4 is 10.2 Å². The minimum Gasteiger partial charge on any atom is -0.489 e. The maximum atomic E-state index is 13.7. The number of nitrogens with one attached hydrogen (secondary N) is 1. The van der Waals surface area contributed by atoms with E-state index in [-0.39, 0.29) is 18.2 Å². The van der Waals surface area contributed by atoms with Gasteiger partial charge in [0.2, 0.25) is 0 Å². The Bertz CT molecular complexity index is 1210. The molecule has 0 unspecified atom stereocenters. The molecule has 0 radical (unpaired) electrons. The molecule has 0 saturated carbocycles. The summed E-state index contributed by atoms with van der Waals surface area (Å²) >= 11 is 0. The van der Waals surface area contributed by atoms with Crippen LogP contribution in [0.5, 0.6) is 5.75 Å². The molecule has 5 heteroatoms. The van der Waals surface area contributed by atoms with Gasteiger partial charge in [0.15, 0.2) is 0 Å². The van der Waals surface area contributed by atoms with E-state index < -0.39 is 0 Å². The molecule has 0 aliphatic heterocycles. The van der Waals surface area contributed by atoms with Gasteiger partial charge in [-0.15, -0.1) is 0 Å². The summed E-state index contributed by atoms with van der Waals surface area (Å²) in [5.74, 6) is 0.0739. The van der Waals surface area contributed by atoms with Gasteiger partial charge in [-0.1, -0.05) is 42.5 Å². The molecular weight excluding hydrogens is 406 g/mol. The van der Waals surface area contributed by atoms with Crippen LogP contribution in [0.3, 0.4) is 0 Å². The summed E-state index contributed by atoms with van der Waals surface area (Å²) in [7, 11) is 0. The third-order valence-electron chi connectivity index (χ3n) is 4.83. The third kappa shape index (κ3) is 6.01. The van der Waals surface area contributed by atoms with Crippen molar-refractivity contribution in [3.63, 3.8) is 0 Å². The SMILES string of the molecule is Fc1cccc(COc2ccc(C=NNc3ccccc3)cc2Cc2cccc(F)c2)c1. The molecule has 4 rings (SSSR count). The standard InChI is InChI=1S/C27H22F2N2O/c28-24-8-4-6-20(16-24)14-23-15-21(18-30-31-26-10-2-1-3-11-26)12-13-27(23)32-19-22-7-5-9-25(29)17-22/h1-13,15-18,31H,14,19H2. The summed E-state index contributed by atoms with van der Waals surface area (Å²) in [6.45, 7) is 0.233. The maximum Gasteiger partial charge on any atom is 0.123 e. The molecule has 0 bridgehead atoms. The van der Waals surface area contributed by atoms with E-state index in [1.165, 1.54) is 24.3 Å². The van der Waals surface area contributed by atoms with Crippen LogP contribution in [-0.4, -0.2) is 6.21 Å². The molecule has 4 aromatic rings. The first kappa shape index (κ1) is 21.2. The van der Waals surface area contributed by atoms with E-state index in [9.17, 15) is 8.78 Å². The Balaban J connectivity index is 1.55. The van der Waals surface area contributed by atoms with E-state index in [0.29, 0.717) is 12.2 Å². The van der Waals surface area contributed by atoms with Crippen molar-refractivity contribution in [3.05, 3.63) is 131 Å². The number of benzene rings is 4. The first-order valence-corrected chi connectivity index (χ1v) is 10.2. The van der Waals surface area contributed by atoms with Crippen LogP contribution in [0.1, 0.15) is 22.3 Å². The minimum absolute atomic E-state index is 0.233. The van der Waals surface area contributed by atoms with Crippen molar-refractivity contribution < 1.29 is 13.5 Å². The highest BCUT2D eigenvalue weighted by Crippen LogP contribution is 2.24. The number of para-hydroxylation sites is 1. The maximum absolute atomic E-state index is 13.7. The second kappa shape index (κ2) is 10.4. The first-order valence-electron chi connectivity index (χ1n) is 10.2. The highest BCUT2D eigenvalue weighted by molar-refractivity contribution is 5.81. The average molecular weight is 428 g/mol. The molecule has 0 spiro atoms. The largest absolute Gasteiger partial charge is 0.489 e. The predicted octanol–water partition coefficient (Wildman–Crippen LogP) is 6.58. The lowest BCUT2D eigenvalue weighted by atomic mass is 10.0. The van der Waals surface area contributed by atoms with E-state index in [1.54, 1.807) is 18.3 Å². The van der Waals surface area contributed by atoms with Gasteiger partial charge in [0, 0.05) is 6.42 Å². The number of hydrazone groups is 1. The van der Waals surface area contributed by atoms with Crippen LogP contribution in [0.25, 0.3) is 0 Å².